The van der Waals surface area contributed by atoms with Crippen molar-refractivity contribution in [3.05, 3.63) is 54.1 Å². The lowest BCUT2D eigenvalue weighted by molar-refractivity contribution is 0.0330. The molecule has 2 aromatic rings. The summed E-state index contributed by atoms with van der Waals surface area (Å²) in [4.78, 5) is 17.8. The van der Waals surface area contributed by atoms with E-state index in [1.807, 2.05) is 6.92 Å². The SMILES string of the molecule is C[C@@H]1CN([C@H](C)CO)C(=O)c2cc(NS(=O)(=O)c3ccccc3)ccc2O[C@@H]1CN(C)CC1CCCCC1. The fourth-order valence-electron chi connectivity index (χ4n) is 5.51. The van der Waals surface area contributed by atoms with Crippen molar-refractivity contribution in [1.29, 1.82) is 0 Å². The van der Waals surface area contributed by atoms with Crippen molar-refractivity contribution in [2.24, 2.45) is 11.8 Å². The topological polar surface area (TPSA) is 99.2 Å². The van der Waals surface area contributed by atoms with Gasteiger partial charge in [0.25, 0.3) is 15.9 Å². The van der Waals surface area contributed by atoms with Crippen LogP contribution in [0.2, 0.25) is 0 Å². The van der Waals surface area contributed by atoms with Crippen LogP contribution in [0.3, 0.4) is 0 Å². The van der Waals surface area contributed by atoms with E-state index >= 15 is 0 Å². The maximum atomic E-state index is 13.7. The summed E-state index contributed by atoms with van der Waals surface area (Å²) in [6.45, 7) is 5.91. The van der Waals surface area contributed by atoms with Crippen LogP contribution >= 0.6 is 0 Å². The molecule has 0 saturated heterocycles. The minimum absolute atomic E-state index is 0.0335. The Morgan fingerprint density at radius 2 is 1.82 bits per heavy atom. The summed E-state index contributed by atoms with van der Waals surface area (Å²) in [5.74, 6) is 0.877. The Morgan fingerprint density at radius 1 is 1.11 bits per heavy atom. The number of aliphatic hydroxyl groups excluding tert-OH is 1. The highest BCUT2D eigenvalue weighted by atomic mass is 32.2. The number of nitrogens with one attached hydrogen (secondary N) is 1. The Kier molecular flexibility index (Phi) is 9.33. The minimum Gasteiger partial charge on any atom is -0.488 e. The van der Waals surface area contributed by atoms with Crippen molar-refractivity contribution in [2.45, 2.75) is 63.0 Å². The van der Waals surface area contributed by atoms with E-state index in [4.69, 9.17) is 4.74 Å². The molecule has 2 aliphatic rings. The van der Waals surface area contributed by atoms with Crippen molar-refractivity contribution >= 4 is 21.6 Å². The van der Waals surface area contributed by atoms with Crippen LogP contribution in [0.15, 0.2) is 53.4 Å². The summed E-state index contributed by atoms with van der Waals surface area (Å²) in [6, 6.07) is 12.6. The van der Waals surface area contributed by atoms with Crippen molar-refractivity contribution < 1.29 is 23.1 Å². The van der Waals surface area contributed by atoms with Gasteiger partial charge in [0.2, 0.25) is 0 Å². The minimum atomic E-state index is -3.82. The first-order valence-corrected chi connectivity index (χ1v) is 15.1. The lowest BCUT2D eigenvalue weighted by Crippen LogP contribution is -2.50. The van der Waals surface area contributed by atoms with E-state index in [2.05, 4.69) is 23.6 Å². The molecule has 0 bridgehead atoms. The summed E-state index contributed by atoms with van der Waals surface area (Å²) in [5, 5.41) is 9.90. The second kappa shape index (κ2) is 12.5. The molecule has 2 N–H and O–H groups in total. The zero-order chi connectivity index (χ0) is 27.3. The summed E-state index contributed by atoms with van der Waals surface area (Å²) >= 11 is 0. The number of sulfonamides is 1. The number of carbonyl (C=O) groups excluding carboxylic acids is 1. The van der Waals surface area contributed by atoms with E-state index in [0.717, 1.165) is 13.1 Å². The number of likely N-dealkylation sites (N-methyl/N-ethyl adjacent to an activating group) is 1. The Bertz CT molecular complexity index is 1180. The zero-order valence-corrected chi connectivity index (χ0v) is 23.5. The first-order chi connectivity index (χ1) is 18.2. The Labute approximate surface area is 227 Å². The average Bonchev–Trinajstić information content (AvgIpc) is 2.91. The molecule has 1 saturated carbocycles. The van der Waals surface area contributed by atoms with Gasteiger partial charge in [-0.2, -0.15) is 0 Å². The van der Waals surface area contributed by atoms with Gasteiger partial charge < -0.3 is 19.6 Å². The number of amides is 1. The summed E-state index contributed by atoms with van der Waals surface area (Å²) in [6.07, 6.45) is 6.30. The highest BCUT2D eigenvalue weighted by Crippen LogP contribution is 2.32. The van der Waals surface area contributed by atoms with Gasteiger partial charge in [-0.1, -0.05) is 44.4 Å². The third-order valence-electron chi connectivity index (χ3n) is 7.76. The highest BCUT2D eigenvalue weighted by molar-refractivity contribution is 7.92. The van der Waals surface area contributed by atoms with Crippen molar-refractivity contribution in [3.8, 4) is 5.75 Å². The quantitative estimate of drug-likeness (QED) is 0.491. The van der Waals surface area contributed by atoms with Crippen LogP contribution in [0, 0.1) is 11.8 Å². The molecule has 9 heteroatoms. The second-order valence-electron chi connectivity index (χ2n) is 11.0. The molecule has 0 aromatic heterocycles. The molecule has 38 heavy (non-hydrogen) atoms. The first kappa shape index (κ1) is 28.4. The third-order valence-corrected chi connectivity index (χ3v) is 9.15. The lowest BCUT2D eigenvalue weighted by Gasteiger charge is -2.38. The van der Waals surface area contributed by atoms with E-state index in [9.17, 15) is 18.3 Å². The van der Waals surface area contributed by atoms with E-state index in [0.29, 0.717) is 18.2 Å². The maximum Gasteiger partial charge on any atom is 0.261 e. The standard InChI is InChI=1S/C29H41N3O5S/c1-21-17-32(22(2)20-33)29(34)26-16-24(30-38(35,36)25-12-8-5-9-13-25)14-15-27(26)37-28(21)19-31(3)18-23-10-6-4-7-11-23/h5,8-9,12-16,21-23,28,30,33H,4,6-7,10-11,17-20H2,1-3H3/t21-,22-,28-/m1/s1. The number of nitrogens with zero attached hydrogens (tertiary/aromatic N) is 2. The van der Waals surface area contributed by atoms with Gasteiger partial charge in [-0.15, -0.1) is 0 Å². The number of rotatable bonds is 9. The van der Waals surface area contributed by atoms with Crippen LogP contribution in [-0.4, -0.2) is 74.7 Å². The number of carbonyl (C=O) groups is 1. The molecule has 4 rings (SSSR count). The molecule has 1 heterocycles. The van der Waals surface area contributed by atoms with Gasteiger partial charge in [0.05, 0.1) is 23.1 Å². The third kappa shape index (κ3) is 6.87. The summed E-state index contributed by atoms with van der Waals surface area (Å²) in [7, 11) is -1.69. The predicted molar refractivity (Wildman–Crippen MR) is 149 cm³/mol. The van der Waals surface area contributed by atoms with Gasteiger partial charge in [0, 0.05) is 31.2 Å². The maximum absolute atomic E-state index is 13.7. The molecule has 1 aliphatic carbocycles. The lowest BCUT2D eigenvalue weighted by atomic mass is 9.89. The molecule has 1 fully saturated rings. The van der Waals surface area contributed by atoms with Gasteiger partial charge >= 0.3 is 0 Å². The smallest absolute Gasteiger partial charge is 0.261 e. The molecule has 8 nitrogen and oxygen atoms in total. The largest absolute Gasteiger partial charge is 0.488 e. The second-order valence-corrected chi connectivity index (χ2v) is 12.7. The van der Waals surface area contributed by atoms with E-state index in [-0.39, 0.29) is 46.7 Å². The number of hydrogen-bond donors (Lipinski definition) is 2. The molecule has 3 atom stereocenters. The molecule has 1 amide bonds. The number of aliphatic hydroxyl groups is 1. The molecule has 0 spiro atoms. The first-order valence-electron chi connectivity index (χ1n) is 13.7. The molecular weight excluding hydrogens is 502 g/mol. The van der Waals surface area contributed by atoms with Gasteiger partial charge in [-0.25, -0.2) is 8.42 Å². The Morgan fingerprint density at radius 3 is 2.50 bits per heavy atom. The zero-order valence-electron chi connectivity index (χ0n) is 22.7. The normalized spacial score (nSPS) is 21.8. The highest BCUT2D eigenvalue weighted by Gasteiger charge is 2.34. The summed E-state index contributed by atoms with van der Waals surface area (Å²) < 4.78 is 34.9. The van der Waals surface area contributed by atoms with E-state index < -0.39 is 10.0 Å². The molecule has 2 aromatic carbocycles. The van der Waals surface area contributed by atoms with Crippen LogP contribution < -0.4 is 9.46 Å². The van der Waals surface area contributed by atoms with Crippen LogP contribution in [0.1, 0.15) is 56.3 Å². The van der Waals surface area contributed by atoms with Crippen molar-refractivity contribution in [1.82, 2.24) is 9.80 Å². The van der Waals surface area contributed by atoms with Crippen molar-refractivity contribution in [3.63, 3.8) is 0 Å². The number of ether oxygens (including phenoxy) is 1. The molecular formula is C29H41N3O5S. The van der Waals surface area contributed by atoms with Gasteiger partial charge in [0.1, 0.15) is 11.9 Å². The fourth-order valence-corrected chi connectivity index (χ4v) is 6.58. The fraction of sp³-hybridized carbons (Fsp3) is 0.552. The molecule has 1 aliphatic heterocycles. The molecule has 0 unspecified atom stereocenters. The van der Waals surface area contributed by atoms with Crippen LogP contribution in [0.4, 0.5) is 5.69 Å². The number of anilines is 1. The monoisotopic (exact) mass is 543 g/mol. The molecule has 208 valence electrons. The van der Waals surface area contributed by atoms with Crippen molar-refractivity contribution in [2.75, 3.05) is 38.0 Å². The number of fused-ring (bicyclic) bond motifs is 1. The van der Waals surface area contributed by atoms with Gasteiger partial charge in [0.15, 0.2) is 0 Å². The van der Waals surface area contributed by atoms with Crippen LogP contribution in [0.5, 0.6) is 5.75 Å². The molecule has 0 radical (unpaired) electrons. The van der Waals surface area contributed by atoms with Crippen LogP contribution in [-0.2, 0) is 10.0 Å². The predicted octanol–water partition coefficient (Wildman–Crippen LogP) is 4.22. The Hall–Kier alpha value is -2.62. The summed E-state index contributed by atoms with van der Waals surface area (Å²) in [5.41, 5.74) is 0.561. The van der Waals surface area contributed by atoms with Gasteiger partial charge in [-0.05, 0) is 63.1 Å². The van der Waals surface area contributed by atoms with Crippen LogP contribution in [0.25, 0.3) is 0 Å². The van der Waals surface area contributed by atoms with E-state index in [1.165, 1.54) is 50.3 Å². The number of hydrogen-bond acceptors (Lipinski definition) is 6. The van der Waals surface area contributed by atoms with E-state index in [1.54, 1.807) is 35.2 Å². The van der Waals surface area contributed by atoms with Gasteiger partial charge in [-0.3, -0.25) is 9.52 Å². The number of benzene rings is 2. The average molecular weight is 544 g/mol. The Balaban J connectivity index is 1.60.